The number of hydrogen-bond acceptors (Lipinski definition) is 3. The Balaban J connectivity index is 2.14. The van der Waals surface area contributed by atoms with Crippen molar-refractivity contribution in [3.8, 4) is 0 Å². The van der Waals surface area contributed by atoms with Crippen LogP contribution in [-0.4, -0.2) is 20.6 Å². The van der Waals surface area contributed by atoms with E-state index in [0.29, 0.717) is 21.6 Å². The zero-order valence-corrected chi connectivity index (χ0v) is 13.6. The fourth-order valence-corrected chi connectivity index (χ4v) is 2.56. The zero-order valence-electron chi connectivity index (χ0n) is 12.8. The molecule has 0 saturated carbocycles. The van der Waals surface area contributed by atoms with Crippen molar-refractivity contribution < 1.29 is 14.3 Å². The van der Waals surface area contributed by atoms with E-state index in [0.717, 1.165) is 4.57 Å². The maximum atomic E-state index is 12.9. The number of carboxylic acid groups (broad SMARTS) is 1. The molecule has 0 aliphatic rings. The molecule has 0 fully saturated rings. The Kier molecular flexibility index (Phi) is 4.63. The Hall–Kier alpha value is -2.99. The quantitative estimate of drug-likeness (QED) is 0.775. The number of carboxylic acids is 1. The van der Waals surface area contributed by atoms with E-state index in [4.69, 9.17) is 16.7 Å². The standard InChI is InChI=1S/C18H12ClFN2O3/c19-12-4-8-16-15(9-12)21-14(18(25)22(16)10-17(23)24)7-3-11-1-5-13(20)6-2-11/h1-9H,10H2,(H,23,24)/b7-3+. The molecule has 5 nitrogen and oxygen atoms in total. The third-order valence-corrected chi connectivity index (χ3v) is 3.77. The Morgan fingerprint density at radius 2 is 1.92 bits per heavy atom. The van der Waals surface area contributed by atoms with Gasteiger partial charge in [0.25, 0.3) is 5.56 Å². The van der Waals surface area contributed by atoms with Gasteiger partial charge in [-0.15, -0.1) is 0 Å². The predicted molar refractivity (Wildman–Crippen MR) is 94.0 cm³/mol. The van der Waals surface area contributed by atoms with Gasteiger partial charge in [0.05, 0.1) is 11.0 Å². The smallest absolute Gasteiger partial charge is 0.323 e. The summed E-state index contributed by atoms with van der Waals surface area (Å²) in [5.74, 6) is -1.50. The lowest BCUT2D eigenvalue weighted by Crippen LogP contribution is -2.27. The summed E-state index contributed by atoms with van der Waals surface area (Å²) in [7, 11) is 0. The number of rotatable bonds is 4. The van der Waals surface area contributed by atoms with Gasteiger partial charge in [0.1, 0.15) is 18.1 Å². The maximum Gasteiger partial charge on any atom is 0.323 e. The van der Waals surface area contributed by atoms with E-state index in [2.05, 4.69) is 4.98 Å². The molecule has 0 atom stereocenters. The molecule has 0 amide bonds. The van der Waals surface area contributed by atoms with Crippen molar-refractivity contribution in [3.05, 3.63) is 74.9 Å². The van der Waals surface area contributed by atoms with E-state index in [1.54, 1.807) is 36.4 Å². The van der Waals surface area contributed by atoms with Gasteiger partial charge in [0.2, 0.25) is 0 Å². The molecule has 3 rings (SSSR count). The number of hydrogen-bond donors (Lipinski definition) is 1. The van der Waals surface area contributed by atoms with Crippen LogP contribution in [0, 0.1) is 5.82 Å². The summed E-state index contributed by atoms with van der Waals surface area (Å²) in [6, 6.07) is 10.4. The first-order chi connectivity index (χ1) is 11.9. The number of benzene rings is 2. The second-order valence-electron chi connectivity index (χ2n) is 5.30. The van der Waals surface area contributed by atoms with Crippen LogP contribution >= 0.6 is 11.6 Å². The van der Waals surface area contributed by atoms with Crippen LogP contribution < -0.4 is 5.56 Å². The second-order valence-corrected chi connectivity index (χ2v) is 5.74. The average Bonchev–Trinajstić information content (AvgIpc) is 2.57. The van der Waals surface area contributed by atoms with E-state index in [-0.39, 0.29) is 11.5 Å². The Labute approximate surface area is 146 Å². The van der Waals surface area contributed by atoms with Crippen molar-refractivity contribution in [1.82, 2.24) is 9.55 Å². The van der Waals surface area contributed by atoms with Crippen molar-refractivity contribution in [1.29, 1.82) is 0 Å². The molecule has 0 unspecified atom stereocenters. The van der Waals surface area contributed by atoms with Crippen molar-refractivity contribution in [2.45, 2.75) is 6.54 Å². The third-order valence-electron chi connectivity index (χ3n) is 3.53. The van der Waals surface area contributed by atoms with Crippen LogP contribution in [0.4, 0.5) is 4.39 Å². The maximum absolute atomic E-state index is 12.9. The molecule has 25 heavy (non-hydrogen) atoms. The van der Waals surface area contributed by atoms with E-state index in [1.807, 2.05) is 0 Å². The largest absolute Gasteiger partial charge is 0.480 e. The number of nitrogens with zero attached hydrogens (tertiary/aromatic N) is 2. The summed E-state index contributed by atoms with van der Waals surface area (Å²) in [6.07, 6.45) is 3.07. The molecule has 0 spiro atoms. The van der Waals surface area contributed by atoms with Crippen molar-refractivity contribution in [3.63, 3.8) is 0 Å². The summed E-state index contributed by atoms with van der Waals surface area (Å²) < 4.78 is 14.1. The van der Waals surface area contributed by atoms with Gasteiger partial charge in [0.15, 0.2) is 0 Å². The topological polar surface area (TPSA) is 72.2 Å². The predicted octanol–water partition coefficient (Wildman–Crippen LogP) is 3.44. The zero-order chi connectivity index (χ0) is 18.0. The first-order valence-corrected chi connectivity index (χ1v) is 7.67. The average molecular weight is 359 g/mol. The molecule has 1 aromatic heterocycles. The van der Waals surface area contributed by atoms with Crippen LogP contribution in [0.25, 0.3) is 23.2 Å². The third kappa shape index (κ3) is 3.75. The molecular formula is C18H12ClFN2O3. The van der Waals surface area contributed by atoms with E-state index < -0.39 is 18.1 Å². The number of fused-ring (bicyclic) bond motifs is 1. The van der Waals surface area contributed by atoms with Crippen LogP contribution in [0.15, 0.2) is 47.3 Å². The molecule has 1 N–H and O–H groups in total. The highest BCUT2D eigenvalue weighted by molar-refractivity contribution is 6.31. The van der Waals surface area contributed by atoms with Crippen LogP contribution in [0.5, 0.6) is 0 Å². The summed E-state index contributed by atoms with van der Waals surface area (Å²) in [6.45, 7) is -0.489. The van der Waals surface area contributed by atoms with Gasteiger partial charge >= 0.3 is 5.97 Å². The summed E-state index contributed by atoms with van der Waals surface area (Å²) in [5.41, 5.74) is 1.01. The molecule has 0 saturated heterocycles. The second kappa shape index (κ2) is 6.86. The van der Waals surface area contributed by atoms with Crippen molar-refractivity contribution in [2.24, 2.45) is 0 Å². The van der Waals surface area contributed by atoms with E-state index >= 15 is 0 Å². The Morgan fingerprint density at radius 1 is 1.20 bits per heavy atom. The molecule has 0 aliphatic heterocycles. The molecule has 0 aliphatic carbocycles. The van der Waals surface area contributed by atoms with Crippen LogP contribution in [-0.2, 0) is 11.3 Å². The lowest BCUT2D eigenvalue weighted by molar-refractivity contribution is -0.137. The van der Waals surface area contributed by atoms with Gasteiger partial charge in [-0.05, 0) is 42.0 Å². The minimum atomic E-state index is -1.14. The molecule has 0 bridgehead atoms. The SMILES string of the molecule is O=C(O)Cn1c(=O)c(/C=C/c2ccc(F)cc2)nc2cc(Cl)ccc21. The van der Waals surface area contributed by atoms with Crippen LogP contribution in [0.1, 0.15) is 11.3 Å². The van der Waals surface area contributed by atoms with Gasteiger partial charge in [-0.3, -0.25) is 14.2 Å². The highest BCUT2D eigenvalue weighted by Crippen LogP contribution is 2.17. The number of aliphatic carboxylic acids is 1. The van der Waals surface area contributed by atoms with Crippen LogP contribution in [0.2, 0.25) is 5.02 Å². The molecule has 126 valence electrons. The highest BCUT2D eigenvalue weighted by atomic mass is 35.5. The molecule has 3 aromatic rings. The number of carbonyl (C=O) groups is 1. The highest BCUT2D eigenvalue weighted by Gasteiger charge is 2.12. The van der Waals surface area contributed by atoms with Gasteiger partial charge < -0.3 is 5.11 Å². The lowest BCUT2D eigenvalue weighted by Gasteiger charge is -2.09. The van der Waals surface area contributed by atoms with Crippen molar-refractivity contribution >= 4 is 40.8 Å². The molecular weight excluding hydrogens is 347 g/mol. The molecule has 0 radical (unpaired) electrons. The minimum absolute atomic E-state index is 0.0698. The first kappa shape index (κ1) is 16.9. The van der Waals surface area contributed by atoms with Gasteiger partial charge in [-0.1, -0.05) is 29.8 Å². The van der Waals surface area contributed by atoms with Gasteiger partial charge in [-0.2, -0.15) is 0 Å². The van der Waals surface area contributed by atoms with E-state index in [9.17, 15) is 14.0 Å². The number of aromatic nitrogens is 2. The first-order valence-electron chi connectivity index (χ1n) is 7.29. The van der Waals surface area contributed by atoms with Gasteiger partial charge in [0, 0.05) is 5.02 Å². The fourth-order valence-electron chi connectivity index (χ4n) is 2.39. The Bertz CT molecular complexity index is 1040. The monoisotopic (exact) mass is 358 g/mol. The Morgan fingerprint density at radius 3 is 2.60 bits per heavy atom. The summed E-state index contributed by atoms with van der Waals surface area (Å²) in [5, 5.41) is 9.50. The van der Waals surface area contributed by atoms with E-state index in [1.165, 1.54) is 18.2 Å². The fraction of sp³-hybridized carbons (Fsp3) is 0.0556. The molecule has 7 heteroatoms. The molecule has 1 heterocycles. The number of halogens is 2. The normalized spacial score (nSPS) is 11.3. The van der Waals surface area contributed by atoms with Crippen LogP contribution in [0.3, 0.4) is 0 Å². The summed E-state index contributed by atoms with van der Waals surface area (Å²) >= 11 is 5.96. The van der Waals surface area contributed by atoms with Crippen molar-refractivity contribution in [2.75, 3.05) is 0 Å². The molecule has 2 aromatic carbocycles. The summed E-state index contributed by atoms with van der Waals surface area (Å²) in [4.78, 5) is 27.9. The lowest BCUT2D eigenvalue weighted by atomic mass is 10.2. The minimum Gasteiger partial charge on any atom is -0.480 e. The van der Waals surface area contributed by atoms with Gasteiger partial charge in [-0.25, -0.2) is 9.37 Å².